The van der Waals surface area contributed by atoms with Gasteiger partial charge in [-0.15, -0.1) is 0 Å². The fourth-order valence-electron chi connectivity index (χ4n) is 1.35. The van der Waals surface area contributed by atoms with Crippen LogP contribution < -0.4 is 0 Å². The maximum Gasteiger partial charge on any atom is 0.269 e. The Morgan fingerprint density at radius 2 is 1.82 bits per heavy atom. The van der Waals surface area contributed by atoms with Crippen molar-refractivity contribution in [3.63, 3.8) is 0 Å². The Hall–Kier alpha value is -2.73. The van der Waals surface area contributed by atoms with Gasteiger partial charge >= 0.3 is 0 Å². The van der Waals surface area contributed by atoms with Gasteiger partial charge in [0.15, 0.2) is 0 Å². The Morgan fingerprint density at radius 1 is 1.24 bits per heavy atom. The quantitative estimate of drug-likeness (QED) is 0.442. The van der Waals surface area contributed by atoms with Gasteiger partial charge in [-0.1, -0.05) is 12.1 Å². The standard InChI is InChI=1S/C11H7N3O3/c12-5-9(7-15)11(6-13)8-1-3-10(4-2-8)14(16)17/h1-4,7,9,11H/t9-,11+/m0/s1. The summed E-state index contributed by atoms with van der Waals surface area (Å²) in [7, 11) is 0. The number of rotatable bonds is 4. The fraction of sp³-hybridized carbons (Fsp3) is 0.182. The Labute approximate surface area is 96.9 Å². The van der Waals surface area contributed by atoms with E-state index in [1.54, 1.807) is 6.07 Å². The van der Waals surface area contributed by atoms with Crippen LogP contribution in [0.5, 0.6) is 0 Å². The summed E-state index contributed by atoms with van der Waals surface area (Å²) in [5.74, 6) is -1.97. The van der Waals surface area contributed by atoms with Crippen molar-refractivity contribution in [2.24, 2.45) is 5.92 Å². The highest BCUT2D eigenvalue weighted by molar-refractivity contribution is 5.61. The summed E-state index contributed by atoms with van der Waals surface area (Å²) in [5, 5.41) is 28.0. The van der Waals surface area contributed by atoms with Gasteiger partial charge in [0.2, 0.25) is 0 Å². The Bertz CT molecular complexity index is 510. The molecular weight excluding hydrogens is 222 g/mol. The van der Waals surface area contributed by atoms with E-state index in [0.717, 1.165) is 0 Å². The van der Waals surface area contributed by atoms with Crippen molar-refractivity contribution in [3.8, 4) is 12.1 Å². The predicted octanol–water partition coefficient (Wildman–Crippen LogP) is 1.54. The highest BCUT2D eigenvalue weighted by Crippen LogP contribution is 2.24. The van der Waals surface area contributed by atoms with Crippen molar-refractivity contribution in [1.82, 2.24) is 0 Å². The molecule has 1 aromatic carbocycles. The maximum absolute atomic E-state index is 10.6. The lowest BCUT2D eigenvalue weighted by molar-refractivity contribution is -0.384. The van der Waals surface area contributed by atoms with Gasteiger partial charge in [-0.2, -0.15) is 10.5 Å². The van der Waals surface area contributed by atoms with E-state index in [0.29, 0.717) is 11.8 Å². The third kappa shape index (κ3) is 2.64. The normalized spacial score (nSPS) is 12.8. The van der Waals surface area contributed by atoms with Gasteiger partial charge in [0, 0.05) is 12.1 Å². The third-order valence-electron chi connectivity index (χ3n) is 2.26. The number of nitrogens with zero attached hydrogens (tertiary/aromatic N) is 3. The zero-order chi connectivity index (χ0) is 12.8. The van der Waals surface area contributed by atoms with E-state index in [1.807, 2.05) is 6.07 Å². The van der Waals surface area contributed by atoms with Gasteiger partial charge in [-0.05, 0) is 5.56 Å². The van der Waals surface area contributed by atoms with Crippen molar-refractivity contribution in [3.05, 3.63) is 39.9 Å². The number of aldehydes is 1. The molecule has 0 N–H and O–H groups in total. The first kappa shape index (κ1) is 12.3. The lowest BCUT2D eigenvalue weighted by Gasteiger charge is -2.09. The van der Waals surface area contributed by atoms with Crippen molar-refractivity contribution in [2.45, 2.75) is 5.92 Å². The summed E-state index contributed by atoms with van der Waals surface area (Å²) in [4.78, 5) is 20.5. The van der Waals surface area contributed by atoms with Crippen LogP contribution in [-0.2, 0) is 4.79 Å². The first-order valence-corrected chi connectivity index (χ1v) is 4.63. The molecule has 17 heavy (non-hydrogen) atoms. The van der Waals surface area contributed by atoms with E-state index >= 15 is 0 Å². The zero-order valence-electron chi connectivity index (χ0n) is 8.61. The summed E-state index contributed by atoms with van der Waals surface area (Å²) in [6.45, 7) is 0. The Kier molecular flexibility index (Phi) is 3.91. The summed E-state index contributed by atoms with van der Waals surface area (Å²) in [6.07, 6.45) is 0.398. The first-order chi connectivity index (χ1) is 8.13. The van der Waals surface area contributed by atoms with E-state index in [9.17, 15) is 14.9 Å². The number of hydrogen-bond donors (Lipinski definition) is 0. The SMILES string of the molecule is N#C[C@H](c1ccc([N+](=O)[O-])cc1)[C@@H](C#N)C=O. The van der Waals surface area contributed by atoms with Crippen LogP contribution in [0.4, 0.5) is 5.69 Å². The lowest BCUT2D eigenvalue weighted by Crippen LogP contribution is -2.10. The molecule has 0 aliphatic heterocycles. The number of nitro groups is 1. The van der Waals surface area contributed by atoms with Crippen LogP contribution in [0, 0.1) is 38.7 Å². The van der Waals surface area contributed by atoms with Crippen LogP contribution in [0.15, 0.2) is 24.3 Å². The van der Waals surface area contributed by atoms with Crippen LogP contribution >= 0.6 is 0 Å². The Balaban J connectivity index is 3.07. The minimum absolute atomic E-state index is 0.106. The molecule has 2 atom stereocenters. The summed E-state index contributed by atoms with van der Waals surface area (Å²) in [6, 6.07) is 8.78. The van der Waals surface area contributed by atoms with Gasteiger partial charge in [0.1, 0.15) is 12.2 Å². The lowest BCUT2D eigenvalue weighted by atomic mass is 9.89. The minimum atomic E-state index is -1.07. The van der Waals surface area contributed by atoms with Gasteiger partial charge in [-0.3, -0.25) is 10.1 Å². The van der Waals surface area contributed by atoms with E-state index < -0.39 is 16.8 Å². The molecule has 0 spiro atoms. The zero-order valence-corrected chi connectivity index (χ0v) is 8.61. The molecule has 0 fully saturated rings. The number of benzene rings is 1. The predicted molar refractivity (Wildman–Crippen MR) is 56.6 cm³/mol. The van der Waals surface area contributed by atoms with E-state index in [1.165, 1.54) is 24.3 Å². The van der Waals surface area contributed by atoms with Crippen molar-refractivity contribution in [2.75, 3.05) is 0 Å². The molecule has 0 bridgehead atoms. The van der Waals surface area contributed by atoms with Gasteiger partial charge < -0.3 is 4.79 Å². The number of nitriles is 2. The van der Waals surface area contributed by atoms with Crippen LogP contribution in [0.2, 0.25) is 0 Å². The molecule has 6 heteroatoms. The molecule has 6 nitrogen and oxygen atoms in total. The fourth-order valence-corrected chi connectivity index (χ4v) is 1.35. The molecule has 0 heterocycles. The van der Waals surface area contributed by atoms with Crippen molar-refractivity contribution < 1.29 is 9.72 Å². The number of non-ortho nitro benzene ring substituents is 1. The second-order valence-electron chi connectivity index (χ2n) is 3.25. The second-order valence-corrected chi connectivity index (χ2v) is 3.25. The van der Waals surface area contributed by atoms with E-state index in [2.05, 4.69) is 0 Å². The number of carbonyl (C=O) groups is 1. The summed E-state index contributed by atoms with van der Waals surface area (Å²) >= 11 is 0. The van der Waals surface area contributed by atoms with Crippen molar-refractivity contribution >= 4 is 12.0 Å². The van der Waals surface area contributed by atoms with Crippen molar-refractivity contribution in [1.29, 1.82) is 10.5 Å². The molecule has 0 amide bonds. The average molecular weight is 229 g/mol. The molecule has 0 saturated heterocycles. The molecule has 0 saturated carbocycles. The maximum atomic E-state index is 10.6. The average Bonchev–Trinajstić information content (AvgIpc) is 2.36. The third-order valence-corrected chi connectivity index (χ3v) is 2.26. The van der Waals surface area contributed by atoms with Crippen LogP contribution in [0.1, 0.15) is 11.5 Å². The molecule has 0 unspecified atom stereocenters. The molecule has 0 aromatic heterocycles. The van der Waals surface area contributed by atoms with Crippen LogP contribution in [0.25, 0.3) is 0 Å². The molecule has 1 aromatic rings. The summed E-state index contributed by atoms with van der Waals surface area (Å²) in [5.41, 5.74) is 0.307. The molecule has 0 aliphatic carbocycles. The molecule has 1 rings (SSSR count). The number of nitro benzene ring substituents is 1. The van der Waals surface area contributed by atoms with Crippen LogP contribution in [-0.4, -0.2) is 11.2 Å². The second kappa shape index (κ2) is 5.38. The van der Waals surface area contributed by atoms with Gasteiger partial charge in [-0.25, -0.2) is 0 Å². The largest absolute Gasteiger partial charge is 0.302 e. The number of carbonyl (C=O) groups excluding carboxylic acids is 1. The van der Waals surface area contributed by atoms with E-state index in [-0.39, 0.29) is 5.69 Å². The van der Waals surface area contributed by atoms with Gasteiger partial charge in [0.25, 0.3) is 5.69 Å². The highest BCUT2D eigenvalue weighted by atomic mass is 16.6. The number of hydrogen-bond acceptors (Lipinski definition) is 5. The minimum Gasteiger partial charge on any atom is -0.302 e. The molecule has 84 valence electrons. The Morgan fingerprint density at radius 3 is 2.18 bits per heavy atom. The topological polar surface area (TPSA) is 108 Å². The summed E-state index contributed by atoms with van der Waals surface area (Å²) < 4.78 is 0. The smallest absolute Gasteiger partial charge is 0.269 e. The highest BCUT2D eigenvalue weighted by Gasteiger charge is 2.22. The van der Waals surface area contributed by atoms with Gasteiger partial charge in [0.05, 0.1) is 23.0 Å². The van der Waals surface area contributed by atoms with E-state index in [4.69, 9.17) is 10.5 Å². The van der Waals surface area contributed by atoms with Crippen LogP contribution in [0.3, 0.4) is 0 Å². The monoisotopic (exact) mass is 229 g/mol. The molecular formula is C11H7N3O3. The molecule has 0 radical (unpaired) electrons. The molecule has 0 aliphatic rings. The first-order valence-electron chi connectivity index (χ1n) is 4.63.